The molecule has 0 heterocycles. The van der Waals surface area contributed by atoms with E-state index in [-0.39, 0.29) is 10.8 Å². The zero-order valence-corrected chi connectivity index (χ0v) is 17.2. The molecule has 3 aromatic carbocycles. The highest BCUT2D eigenvalue weighted by Gasteiger charge is 2.13. The summed E-state index contributed by atoms with van der Waals surface area (Å²) in [7, 11) is -3.67. The molecule has 0 unspecified atom stereocenters. The molecule has 0 atom stereocenters. The van der Waals surface area contributed by atoms with Crippen molar-refractivity contribution in [1.29, 1.82) is 0 Å². The van der Waals surface area contributed by atoms with Crippen LogP contribution < -0.4 is 10.0 Å². The Kier molecular flexibility index (Phi) is 6.36. The van der Waals surface area contributed by atoms with Crippen molar-refractivity contribution in [2.75, 3.05) is 10.0 Å². The molecule has 0 aliphatic heterocycles. The van der Waals surface area contributed by atoms with E-state index in [0.29, 0.717) is 16.4 Å². The number of halogens is 1. The normalized spacial score (nSPS) is 11.4. The number of benzene rings is 3. The molecule has 7 heteroatoms. The summed E-state index contributed by atoms with van der Waals surface area (Å²) in [6.07, 6.45) is 3.09. The first-order valence-electron chi connectivity index (χ1n) is 8.76. The topological polar surface area (TPSA) is 75.3 Å². The van der Waals surface area contributed by atoms with Gasteiger partial charge in [-0.15, -0.1) is 0 Å². The maximum absolute atomic E-state index is 12.4. The number of amides is 1. The molecule has 0 aromatic heterocycles. The number of rotatable bonds is 6. The van der Waals surface area contributed by atoms with Gasteiger partial charge in [-0.1, -0.05) is 41.4 Å². The van der Waals surface area contributed by atoms with Gasteiger partial charge >= 0.3 is 0 Å². The van der Waals surface area contributed by atoms with Crippen molar-refractivity contribution in [3.8, 4) is 0 Å². The van der Waals surface area contributed by atoms with Crippen LogP contribution in [-0.4, -0.2) is 14.3 Å². The zero-order chi connectivity index (χ0) is 20.9. The minimum atomic E-state index is -3.67. The molecule has 0 aliphatic carbocycles. The van der Waals surface area contributed by atoms with Gasteiger partial charge in [-0.05, 0) is 67.1 Å². The molecule has 0 bridgehead atoms. The van der Waals surface area contributed by atoms with Crippen LogP contribution in [0.5, 0.6) is 0 Å². The van der Waals surface area contributed by atoms with Gasteiger partial charge in [0.05, 0.1) is 4.90 Å². The second-order valence-corrected chi connectivity index (χ2v) is 8.49. The lowest BCUT2D eigenvalue weighted by atomic mass is 10.2. The largest absolute Gasteiger partial charge is 0.323 e. The molecule has 0 saturated heterocycles. The monoisotopic (exact) mass is 426 g/mol. The van der Waals surface area contributed by atoms with E-state index in [2.05, 4.69) is 10.0 Å². The number of hydrogen-bond acceptors (Lipinski definition) is 3. The summed E-state index contributed by atoms with van der Waals surface area (Å²) in [4.78, 5) is 12.2. The van der Waals surface area contributed by atoms with E-state index in [0.717, 1.165) is 11.1 Å². The van der Waals surface area contributed by atoms with Gasteiger partial charge in [0.15, 0.2) is 0 Å². The van der Waals surface area contributed by atoms with Gasteiger partial charge in [0, 0.05) is 22.5 Å². The number of carbonyl (C=O) groups is 1. The number of aryl methyl sites for hydroxylation is 1. The quantitative estimate of drug-likeness (QED) is 0.538. The van der Waals surface area contributed by atoms with E-state index in [1.54, 1.807) is 78.9 Å². The summed E-state index contributed by atoms with van der Waals surface area (Å²) < 4.78 is 27.4. The van der Waals surface area contributed by atoms with E-state index in [1.165, 1.54) is 6.08 Å². The molecule has 2 N–H and O–H groups in total. The van der Waals surface area contributed by atoms with Crippen molar-refractivity contribution in [3.63, 3.8) is 0 Å². The second kappa shape index (κ2) is 8.94. The van der Waals surface area contributed by atoms with Gasteiger partial charge in [-0.2, -0.15) is 0 Å². The minimum absolute atomic E-state index is 0.188. The third-order valence-electron chi connectivity index (χ3n) is 4.03. The Morgan fingerprint density at radius 2 is 1.45 bits per heavy atom. The fourth-order valence-corrected chi connectivity index (χ4v) is 3.67. The highest BCUT2D eigenvalue weighted by atomic mass is 35.5. The molecule has 0 aliphatic rings. The summed E-state index contributed by atoms with van der Waals surface area (Å²) in [6, 6.07) is 20.1. The third kappa shape index (κ3) is 5.94. The molecule has 0 spiro atoms. The molecular formula is C22H19ClN2O3S. The molecule has 3 aromatic rings. The van der Waals surface area contributed by atoms with Crippen LogP contribution in [0.25, 0.3) is 6.08 Å². The van der Waals surface area contributed by atoms with Crippen LogP contribution in [0.2, 0.25) is 5.02 Å². The highest BCUT2D eigenvalue weighted by Crippen LogP contribution is 2.19. The third-order valence-corrected chi connectivity index (χ3v) is 5.68. The molecule has 5 nitrogen and oxygen atoms in total. The van der Waals surface area contributed by atoms with Crippen LogP contribution in [0.3, 0.4) is 0 Å². The van der Waals surface area contributed by atoms with Crippen molar-refractivity contribution in [2.45, 2.75) is 11.8 Å². The van der Waals surface area contributed by atoms with Crippen LogP contribution in [0.1, 0.15) is 11.1 Å². The Morgan fingerprint density at radius 1 is 0.862 bits per heavy atom. The van der Waals surface area contributed by atoms with E-state index in [4.69, 9.17) is 11.6 Å². The average Bonchev–Trinajstić information content (AvgIpc) is 2.69. The van der Waals surface area contributed by atoms with Crippen LogP contribution in [0.4, 0.5) is 11.4 Å². The molecule has 3 rings (SSSR count). The Morgan fingerprint density at radius 3 is 2.07 bits per heavy atom. The highest BCUT2D eigenvalue weighted by molar-refractivity contribution is 7.92. The van der Waals surface area contributed by atoms with Crippen LogP contribution in [0.15, 0.2) is 83.8 Å². The van der Waals surface area contributed by atoms with Gasteiger partial charge in [0.2, 0.25) is 5.91 Å². The molecule has 0 fully saturated rings. The Labute approximate surface area is 175 Å². The lowest BCUT2D eigenvalue weighted by Gasteiger charge is -2.09. The fourth-order valence-electron chi connectivity index (χ4n) is 2.48. The van der Waals surface area contributed by atoms with Crippen molar-refractivity contribution < 1.29 is 13.2 Å². The van der Waals surface area contributed by atoms with Gasteiger partial charge in [-0.3, -0.25) is 9.52 Å². The fraction of sp³-hybridized carbons (Fsp3) is 0.0455. The lowest BCUT2D eigenvalue weighted by Crippen LogP contribution is -2.13. The van der Waals surface area contributed by atoms with Gasteiger partial charge < -0.3 is 5.32 Å². The van der Waals surface area contributed by atoms with Crippen LogP contribution in [-0.2, 0) is 14.8 Å². The van der Waals surface area contributed by atoms with E-state index >= 15 is 0 Å². The number of hydrogen-bond donors (Lipinski definition) is 2. The van der Waals surface area contributed by atoms with Gasteiger partial charge in [-0.25, -0.2) is 8.42 Å². The molecule has 0 radical (unpaired) electrons. The first kappa shape index (κ1) is 20.6. The molecule has 29 heavy (non-hydrogen) atoms. The zero-order valence-electron chi connectivity index (χ0n) is 15.6. The molecule has 1 amide bonds. The standard InChI is InChI=1S/C22H19ClN2O3S/c1-16-2-13-21(14-3-16)29(27,28)25-20-11-9-19(10-12-20)24-22(26)15-6-17-4-7-18(23)8-5-17/h2-15,25H,1H3,(H,24,26). The molecular weight excluding hydrogens is 408 g/mol. The minimum Gasteiger partial charge on any atom is -0.323 e. The summed E-state index contributed by atoms with van der Waals surface area (Å²) in [6.45, 7) is 1.89. The smallest absolute Gasteiger partial charge is 0.261 e. The SMILES string of the molecule is Cc1ccc(S(=O)(=O)Nc2ccc(NC(=O)C=Cc3ccc(Cl)cc3)cc2)cc1. The van der Waals surface area contributed by atoms with Crippen molar-refractivity contribution in [1.82, 2.24) is 0 Å². The second-order valence-electron chi connectivity index (χ2n) is 6.37. The Hall–Kier alpha value is -3.09. The first-order chi connectivity index (χ1) is 13.8. The van der Waals surface area contributed by atoms with E-state index in [9.17, 15) is 13.2 Å². The summed E-state index contributed by atoms with van der Waals surface area (Å²) in [5, 5.41) is 3.35. The number of carbonyl (C=O) groups excluding carboxylic acids is 1. The lowest BCUT2D eigenvalue weighted by molar-refractivity contribution is -0.111. The summed E-state index contributed by atoms with van der Waals surface area (Å²) >= 11 is 5.83. The van der Waals surface area contributed by atoms with E-state index < -0.39 is 10.0 Å². The maximum atomic E-state index is 12.4. The number of nitrogens with one attached hydrogen (secondary N) is 2. The van der Waals surface area contributed by atoms with E-state index in [1.807, 2.05) is 6.92 Å². The molecule has 148 valence electrons. The number of sulfonamides is 1. The Balaban J connectivity index is 1.61. The van der Waals surface area contributed by atoms with Crippen molar-refractivity contribution in [2.24, 2.45) is 0 Å². The van der Waals surface area contributed by atoms with Crippen LogP contribution >= 0.6 is 11.6 Å². The van der Waals surface area contributed by atoms with Crippen molar-refractivity contribution >= 4 is 45.0 Å². The first-order valence-corrected chi connectivity index (χ1v) is 10.6. The predicted octanol–water partition coefficient (Wildman–Crippen LogP) is 5.10. The summed E-state index contributed by atoms with van der Waals surface area (Å²) in [5.74, 6) is -0.298. The molecule has 0 saturated carbocycles. The van der Waals surface area contributed by atoms with Crippen LogP contribution in [0, 0.1) is 6.92 Å². The average molecular weight is 427 g/mol. The van der Waals surface area contributed by atoms with Gasteiger partial charge in [0.1, 0.15) is 0 Å². The predicted molar refractivity (Wildman–Crippen MR) is 118 cm³/mol. The summed E-state index contributed by atoms with van der Waals surface area (Å²) in [5.41, 5.74) is 2.79. The number of anilines is 2. The Bertz CT molecular complexity index is 1120. The van der Waals surface area contributed by atoms with Gasteiger partial charge in [0.25, 0.3) is 10.0 Å². The van der Waals surface area contributed by atoms with Crippen molar-refractivity contribution in [3.05, 3.63) is 95.0 Å². The maximum Gasteiger partial charge on any atom is 0.261 e.